The summed E-state index contributed by atoms with van der Waals surface area (Å²) in [5, 5.41) is 22.5. The largest absolute Gasteiger partial charge is 0.396 e. The molecule has 21 heavy (non-hydrogen) atoms. The number of thioether (sulfide) groups is 1. The molecule has 2 aromatic heterocycles. The fourth-order valence-corrected chi connectivity index (χ4v) is 2.78. The molecule has 6 N–H and O–H groups in total. The first kappa shape index (κ1) is 16.0. The van der Waals surface area contributed by atoms with Gasteiger partial charge >= 0.3 is 0 Å². The third-order valence-electron chi connectivity index (χ3n) is 3.41. The first-order valence-corrected chi connectivity index (χ1v) is 8.11. The van der Waals surface area contributed by atoms with Gasteiger partial charge in [0.25, 0.3) is 0 Å². The van der Waals surface area contributed by atoms with Gasteiger partial charge in [-0.25, -0.2) is 9.97 Å². The number of aliphatic hydroxyl groups excluding tert-OH is 2. The monoisotopic (exact) mass is 311 g/mol. The predicted molar refractivity (Wildman–Crippen MR) is 85.0 cm³/mol. The van der Waals surface area contributed by atoms with Crippen LogP contribution >= 0.6 is 11.8 Å². The summed E-state index contributed by atoms with van der Waals surface area (Å²) in [4.78, 5) is 11.2. The van der Waals surface area contributed by atoms with Gasteiger partial charge in [0.15, 0.2) is 5.82 Å². The molecule has 0 aromatic carbocycles. The third-order valence-corrected chi connectivity index (χ3v) is 4.08. The Kier molecular flexibility index (Phi) is 5.80. The molecule has 0 saturated carbocycles. The van der Waals surface area contributed by atoms with Crippen LogP contribution in [0.15, 0.2) is 12.5 Å². The van der Waals surface area contributed by atoms with E-state index in [2.05, 4.69) is 20.3 Å². The molecule has 0 radical (unpaired) electrons. The van der Waals surface area contributed by atoms with Gasteiger partial charge in [-0.1, -0.05) is 0 Å². The van der Waals surface area contributed by atoms with Crippen LogP contribution in [0.2, 0.25) is 0 Å². The molecule has 2 atom stereocenters. The fourth-order valence-electron chi connectivity index (χ4n) is 2.17. The van der Waals surface area contributed by atoms with E-state index in [0.29, 0.717) is 24.7 Å². The van der Waals surface area contributed by atoms with Crippen molar-refractivity contribution < 1.29 is 10.2 Å². The van der Waals surface area contributed by atoms with Crippen molar-refractivity contribution in [3.8, 4) is 0 Å². The number of nitrogen functional groups attached to an aromatic ring is 1. The van der Waals surface area contributed by atoms with E-state index in [1.165, 1.54) is 6.33 Å². The van der Waals surface area contributed by atoms with Crippen LogP contribution in [-0.4, -0.2) is 56.4 Å². The summed E-state index contributed by atoms with van der Waals surface area (Å²) in [5.74, 6) is 0.862. The van der Waals surface area contributed by atoms with Crippen LogP contribution in [0.4, 0.5) is 5.82 Å². The Labute approximate surface area is 127 Å². The molecular formula is C13H21N5O2S. The van der Waals surface area contributed by atoms with E-state index < -0.39 is 6.10 Å². The number of aromatic nitrogens is 3. The van der Waals surface area contributed by atoms with Gasteiger partial charge in [0.1, 0.15) is 11.8 Å². The lowest BCUT2D eigenvalue weighted by atomic mass is 10.1. The minimum Gasteiger partial charge on any atom is -0.396 e. The fraction of sp³-hybridized carbons (Fsp3) is 0.538. The molecule has 0 aliphatic rings. The topological polar surface area (TPSA) is 120 Å². The number of nitrogens with zero attached hydrogens (tertiary/aromatic N) is 2. The number of hydrogen-bond donors (Lipinski definition) is 5. The molecule has 0 fully saturated rings. The van der Waals surface area contributed by atoms with Crippen LogP contribution in [0, 0.1) is 5.92 Å². The number of aromatic amines is 1. The lowest BCUT2D eigenvalue weighted by molar-refractivity contribution is 0.0836. The number of H-pyrrole nitrogens is 1. The van der Waals surface area contributed by atoms with E-state index >= 15 is 0 Å². The van der Waals surface area contributed by atoms with Gasteiger partial charge in [0.2, 0.25) is 0 Å². The molecule has 0 aliphatic carbocycles. The zero-order valence-corrected chi connectivity index (χ0v) is 12.7. The van der Waals surface area contributed by atoms with Crippen molar-refractivity contribution in [1.82, 2.24) is 20.3 Å². The molecule has 2 aromatic rings. The van der Waals surface area contributed by atoms with Gasteiger partial charge in [-0.3, -0.25) is 0 Å². The molecule has 0 unspecified atom stereocenters. The first-order valence-electron chi connectivity index (χ1n) is 6.72. The highest BCUT2D eigenvalue weighted by Crippen LogP contribution is 2.18. The number of hydrogen-bond acceptors (Lipinski definition) is 7. The van der Waals surface area contributed by atoms with Gasteiger partial charge in [0.05, 0.1) is 11.6 Å². The van der Waals surface area contributed by atoms with E-state index in [1.807, 2.05) is 12.5 Å². The van der Waals surface area contributed by atoms with Crippen molar-refractivity contribution in [2.24, 2.45) is 5.92 Å². The highest BCUT2D eigenvalue weighted by Gasteiger charge is 2.17. The average Bonchev–Trinajstić information content (AvgIpc) is 2.88. The molecule has 7 nitrogen and oxygen atoms in total. The summed E-state index contributed by atoms with van der Waals surface area (Å²) in [5.41, 5.74) is 8.28. The van der Waals surface area contributed by atoms with Crippen LogP contribution in [-0.2, 0) is 6.54 Å². The Hall–Kier alpha value is -1.35. The van der Waals surface area contributed by atoms with E-state index in [9.17, 15) is 10.2 Å². The number of aliphatic hydroxyl groups is 2. The number of nitrogens with one attached hydrogen (secondary N) is 2. The van der Waals surface area contributed by atoms with Gasteiger partial charge in [0, 0.05) is 43.1 Å². The number of fused-ring (bicyclic) bond motifs is 1. The Bertz CT molecular complexity index is 577. The van der Waals surface area contributed by atoms with E-state index in [4.69, 9.17) is 5.73 Å². The van der Waals surface area contributed by atoms with Crippen molar-refractivity contribution in [2.45, 2.75) is 12.6 Å². The standard InChI is InChI=1S/C13H21N5O2S/c1-21-6-10(20)9(5-19)3-15-2-8-4-16-12-11(8)17-7-18-13(12)14/h4,7,9-10,15-16,19-20H,2-3,5-6H2,1H3,(H2,14,17,18)/t9-,10-/m1/s1. The Morgan fingerprint density at radius 1 is 1.48 bits per heavy atom. The summed E-state index contributed by atoms with van der Waals surface area (Å²) < 4.78 is 0. The molecule has 0 saturated heterocycles. The van der Waals surface area contributed by atoms with Gasteiger partial charge in [-0.15, -0.1) is 0 Å². The third kappa shape index (κ3) is 3.85. The lowest BCUT2D eigenvalue weighted by Gasteiger charge is -2.20. The van der Waals surface area contributed by atoms with E-state index in [1.54, 1.807) is 11.8 Å². The molecule has 0 aliphatic heterocycles. The van der Waals surface area contributed by atoms with Gasteiger partial charge in [-0.05, 0) is 6.26 Å². The number of rotatable bonds is 8. The summed E-state index contributed by atoms with van der Waals surface area (Å²) in [7, 11) is 0. The molecule has 0 bridgehead atoms. The molecule has 2 heterocycles. The van der Waals surface area contributed by atoms with Gasteiger partial charge < -0.3 is 26.2 Å². The van der Waals surface area contributed by atoms with Crippen LogP contribution in [0.3, 0.4) is 0 Å². The Balaban J connectivity index is 1.94. The lowest BCUT2D eigenvalue weighted by Crippen LogP contribution is -2.35. The highest BCUT2D eigenvalue weighted by molar-refractivity contribution is 7.98. The maximum absolute atomic E-state index is 9.91. The van der Waals surface area contributed by atoms with Crippen LogP contribution in [0.25, 0.3) is 11.0 Å². The van der Waals surface area contributed by atoms with Crippen molar-refractivity contribution in [1.29, 1.82) is 0 Å². The maximum Gasteiger partial charge on any atom is 0.151 e. The smallest absolute Gasteiger partial charge is 0.151 e. The molecule has 2 rings (SSSR count). The first-order chi connectivity index (χ1) is 10.2. The van der Waals surface area contributed by atoms with Crippen molar-refractivity contribution in [3.63, 3.8) is 0 Å². The van der Waals surface area contributed by atoms with E-state index in [-0.39, 0.29) is 12.5 Å². The molecular weight excluding hydrogens is 290 g/mol. The zero-order chi connectivity index (χ0) is 15.2. The normalized spacial score (nSPS) is 14.4. The predicted octanol–water partition coefficient (Wildman–Crippen LogP) is -0.0379. The summed E-state index contributed by atoms with van der Waals surface area (Å²) >= 11 is 1.56. The zero-order valence-electron chi connectivity index (χ0n) is 11.9. The van der Waals surface area contributed by atoms with Gasteiger partial charge in [-0.2, -0.15) is 11.8 Å². The quantitative estimate of drug-likeness (QED) is 0.464. The molecule has 0 spiro atoms. The highest BCUT2D eigenvalue weighted by atomic mass is 32.2. The number of nitrogens with two attached hydrogens (primary N) is 1. The number of anilines is 1. The Morgan fingerprint density at radius 2 is 2.29 bits per heavy atom. The van der Waals surface area contributed by atoms with Crippen molar-refractivity contribution in [3.05, 3.63) is 18.1 Å². The summed E-state index contributed by atoms with van der Waals surface area (Å²) in [6, 6.07) is 0. The molecule has 0 amide bonds. The summed E-state index contributed by atoms with van der Waals surface area (Å²) in [6.45, 7) is 1.07. The van der Waals surface area contributed by atoms with E-state index in [0.717, 1.165) is 16.6 Å². The van der Waals surface area contributed by atoms with Crippen molar-refractivity contribution >= 4 is 28.6 Å². The maximum atomic E-state index is 9.91. The Morgan fingerprint density at radius 3 is 3.00 bits per heavy atom. The second kappa shape index (κ2) is 7.60. The minimum atomic E-state index is -0.515. The summed E-state index contributed by atoms with van der Waals surface area (Å²) in [6.07, 6.45) is 4.70. The second-order valence-electron chi connectivity index (χ2n) is 4.89. The van der Waals surface area contributed by atoms with Crippen LogP contribution in [0.1, 0.15) is 5.56 Å². The van der Waals surface area contributed by atoms with Crippen LogP contribution < -0.4 is 11.1 Å². The molecule has 116 valence electrons. The second-order valence-corrected chi connectivity index (χ2v) is 5.80. The molecule has 8 heteroatoms. The minimum absolute atomic E-state index is 0.0439. The SMILES string of the molecule is CSC[C@@H](O)[C@@H](CO)CNCc1c[nH]c2c(N)ncnc12. The van der Waals surface area contributed by atoms with Crippen molar-refractivity contribution in [2.75, 3.05) is 30.9 Å². The average molecular weight is 311 g/mol. The van der Waals surface area contributed by atoms with Crippen LogP contribution in [0.5, 0.6) is 0 Å².